The summed E-state index contributed by atoms with van der Waals surface area (Å²) in [6, 6.07) is 8.19. The number of sulfonamides is 1. The van der Waals surface area contributed by atoms with Gasteiger partial charge in [-0.1, -0.05) is 30.3 Å². The molecule has 0 bridgehead atoms. The van der Waals surface area contributed by atoms with Gasteiger partial charge < -0.3 is 5.11 Å². The summed E-state index contributed by atoms with van der Waals surface area (Å²) in [4.78, 5) is 0. The summed E-state index contributed by atoms with van der Waals surface area (Å²) in [6.45, 7) is 1.25. The van der Waals surface area contributed by atoms with Crippen LogP contribution in [0, 0.1) is 5.92 Å². The van der Waals surface area contributed by atoms with Gasteiger partial charge in [0.05, 0.1) is 23.7 Å². The fourth-order valence-corrected chi connectivity index (χ4v) is 3.76. The summed E-state index contributed by atoms with van der Waals surface area (Å²) in [5, 5.41) is 9.02. The number of aliphatic hydroxyl groups excluding tert-OH is 1. The van der Waals surface area contributed by atoms with Gasteiger partial charge in [0.1, 0.15) is 0 Å². The van der Waals surface area contributed by atoms with Crippen molar-refractivity contribution in [2.24, 2.45) is 5.92 Å². The van der Waals surface area contributed by atoms with Gasteiger partial charge in [0, 0.05) is 6.54 Å². The average Bonchev–Trinajstić information content (AvgIpc) is 2.89. The van der Waals surface area contributed by atoms with Crippen molar-refractivity contribution < 1.29 is 22.3 Å². The maximum absolute atomic E-state index is 13.7. The predicted molar refractivity (Wildman–Crippen MR) is 71.1 cm³/mol. The summed E-state index contributed by atoms with van der Waals surface area (Å²) < 4.78 is 53.0. The Labute approximate surface area is 116 Å². The van der Waals surface area contributed by atoms with Gasteiger partial charge in [-0.15, -0.1) is 0 Å². The highest BCUT2D eigenvalue weighted by Crippen LogP contribution is 2.61. The van der Waals surface area contributed by atoms with Crippen LogP contribution < -0.4 is 4.72 Å². The molecule has 1 aliphatic carbocycles. The van der Waals surface area contributed by atoms with Crippen LogP contribution in [0.3, 0.4) is 0 Å². The first-order valence-corrected chi connectivity index (χ1v) is 7.97. The zero-order chi connectivity index (χ0) is 15.0. The third-order valence-electron chi connectivity index (χ3n) is 3.36. The lowest BCUT2D eigenvalue weighted by Crippen LogP contribution is -2.33. The molecule has 3 atom stereocenters. The molecule has 0 unspecified atom stereocenters. The van der Waals surface area contributed by atoms with Crippen LogP contribution in [0.5, 0.6) is 0 Å². The molecule has 20 heavy (non-hydrogen) atoms. The van der Waals surface area contributed by atoms with Crippen LogP contribution in [0.2, 0.25) is 0 Å². The van der Waals surface area contributed by atoms with E-state index in [2.05, 4.69) is 4.72 Å². The number of hydrogen-bond acceptors (Lipinski definition) is 3. The molecule has 1 saturated carbocycles. The number of alkyl halides is 2. The van der Waals surface area contributed by atoms with Crippen molar-refractivity contribution in [3.8, 4) is 0 Å². The van der Waals surface area contributed by atoms with E-state index in [1.807, 2.05) is 0 Å². The Bertz CT molecular complexity index is 560. The monoisotopic (exact) mass is 305 g/mol. The highest BCUT2D eigenvalue weighted by atomic mass is 32.2. The van der Waals surface area contributed by atoms with Gasteiger partial charge in [0.25, 0.3) is 5.92 Å². The molecule has 1 aromatic carbocycles. The Morgan fingerprint density at radius 2 is 1.95 bits per heavy atom. The molecule has 0 aromatic heterocycles. The lowest BCUT2D eigenvalue weighted by atomic mass is 10.1. The number of halogens is 2. The summed E-state index contributed by atoms with van der Waals surface area (Å²) in [5.41, 5.74) is 0.452. The van der Waals surface area contributed by atoms with Crippen molar-refractivity contribution in [3.63, 3.8) is 0 Å². The van der Waals surface area contributed by atoms with E-state index < -0.39 is 39.6 Å². The second-order valence-corrected chi connectivity index (χ2v) is 7.00. The molecule has 2 rings (SSSR count). The molecule has 4 nitrogen and oxygen atoms in total. The van der Waals surface area contributed by atoms with Gasteiger partial charge in [-0.2, -0.15) is 0 Å². The molecule has 7 heteroatoms. The van der Waals surface area contributed by atoms with Crippen molar-refractivity contribution in [2.45, 2.75) is 24.9 Å². The summed E-state index contributed by atoms with van der Waals surface area (Å²) >= 11 is 0. The number of nitrogens with one attached hydrogen (secondary N) is 1. The number of hydrogen-bond donors (Lipinski definition) is 2. The lowest BCUT2D eigenvalue weighted by molar-refractivity contribution is 0.0967. The molecular weight excluding hydrogens is 288 g/mol. The maximum atomic E-state index is 13.7. The van der Waals surface area contributed by atoms with Crippen molar-refractivity contribution in [1.82, 2.24) is 4.72 Å². The molecule has 0 radical (unpaired) electrons. The smallest absolute Gasteiger partial charge is 0.260 e. The molecule has 0 amide bonds. The van der Waals surface area contributed by atoms with Crippen LogP contribution in [0.15, 0.2) is 30.3 Å². The highest BCUT2D eigenvalue weighted by Gasteiger charge is 2.69. The third kappa shape index (κ3) is 3.34. The van der Waals surface area contributed by atoms with E-state index in [1.165, 1.54) is 6.92 Å². The van der Waals surface area contributed by atoms with Crippen molar-refractivity contribution in [3.05, 3.63) is 35.9 Å². The van der Waals surface area contributed by atoms with E-state index in [9.17, 15) is 17.2 Å². The van der Waals surface area contributed by atoms with E-state index in [-0.39, 0.29) is 6.54 Å². The molecule has 0 heterocycles. The zero-order valence-electron chi connectivity index (χ0n) is 11.0. The Kier molecular flexibility index (Phi) is 4.13. The number of rotatable bonds is 6. The van der Waals surface area contributed by atoms with E-state index in [0.29, 0.717) is 5.56 Å². The van der Waals surface area contributed by atoms with Gasteiger partial charge in [-0.3, -0.25) is 0 Å². The molecule has 1 aliphatic rings. The van der Waals surface area contributed by atoms with Crippen molar-refractivity contribution in [1.29, 1.82) is 0 Å². The van der Waals surface area contributed by atoms with Crippen LogP contribution in [-0.4, -0.2) is 37.8 Å². The predicted octanol–water partition coefficient (Wildman–Crippen LogP) is 1.34. The standard InChI is InChI=1S/C13H17F2NO3S/c1-9(17)7-16-20(18,19)8-11-12(13(11,14)15)10-5-3-2-4-6-10/h2-6,9,11-12,16-17H,7-8H2,1H3/t9-,11-,12-/m1/s1. The first-order chi connectivity index (χ1) is 9.24. The molecule has 0 aliphatic heterocycles. The van der Waals surface area contributed by atoms with Gasteiger partial charge in [-0.25, -0.2) is 21.9 Å². The molecule has 0 saturated heterocycles. The average molecular weight is 305 g/mol. The lowest BCUT2D eigenvalue weighted by Gasteiger charge is -2.07. The molecule has 0 spiro atoms. The SMILES string of the molecule is C[C@@H](O)CNS(=O)(=O)C[C@@H]1[C@@H](c2ccccc2)C1(F)F. The molecular formula is C13H17F2NO3S. The minimum atomic E-state index is -3.82. The van der Waals surface area contributed by atoms with Crippen LogP contribution in [0.1, 0.15) is 18.4 Å². The quantitative estimate of drug-likeness (QED) is 0.833. The van der Waals surface area contributed by atoms with Gasteiger partial charge in [0.2, 0.25) is 10.0 Å². The molecule has 1 fully saturated rings. The fraction of sp³-hybridized carbons (Fsp3) is 0.538. The van der Waals surface area contributed by atoms with Crippen molar-refractivity contribution in [2.75, 3.05) is 12.3 Å². The normalized spacial score (nSPS) is 26.2. The van der Waals surface area contributed by atoms with Crippen molar-refractivity contribution >= 4 is 10.0 Å². The van der Waals surface area contributed by atoms with Gasteiger partial charge in [0.15, 0.2) is 0 Å². The minimum absolute atomic E-state index is 0.170. The van der Waals surface area contributed by atoms with E-state index in [4.69, 9.17) is 5.11 Å². The van der Waals surface area contributed by atoms with E-state index in [0.717, 1.165) is 0 Å². The Morgan fingerprint density at radius 3 is 2.50 bits per heavy atom. The second-order valence-electron chi connectivity index (χ2n) is 5.15. The van der Waals surface area contributed by atoms with Gasteiger partial charge in [-0.05, 0) is 12.5 Å². The van der Waals surface area contributed by atoms with Crippen LogP contribution in [-0.2, 0) is 10.0 Å². The van der Waals surface area contributed by atoms with E-state index >= 15 is 0 Å². The van der Waals surface area contributed by atoms with E-state index in [1.54, 1.807) is 30.3 Å². The minimum Gasteiger partial charge on any atom is -0.392 e. The Morgan fingerprint density at radius 1 is 1.35 bits per heavy atom. The third-order valence-corrected chi connectivity index (χ3v) is 4.76. The Balaban J connectivity index is 2.04. The molecule has 112 valence electrons. The second kappa shape index (κ2) is 5.38. The van der Waals surface area contributed by atoms with Crippen LogP contribution in [0.4, 0.5) is 8.78 Å². The molecule has 2 N–H and O–H groups in total. The number of benzene rings is 1. The number of aliphatic hydroxyl groups is 1. The first kappa shape index (κ1) is 15.3. The van der Waals surface area contributed by atoms with Gasteiger partial charge >= 0.3 is 0 Å². The summed E-state index contributed by atoms with van der Waals surface area (Å²) in [6.07, 6.45) is -0.852. The first-order valence-electron chi connectivity index (χ1n) is 6.32. The topological polar surface area (TPSA) is 66.4 Å². The van der Waals surface area contributed by atoms with Crippen LogP contribution >= 0.6 is 0 Å². The fourth-order valence-electron chi connectivity index (χ4n) is 2.26. The van der Waals surface area contributed by atoms with Crippen LogP contribution in [0.25, 0.3) is 0 Å². The highest BCUT2D eigenvalue weighted by molar-refractivity contribution is 7.89. The summed E-state index contributed by atoms with van der Waals surface area (Å²) in [7, 11) is -3.82. The zero-order valence-corrected chi connectivity index (χ0v) is 11.8. The summed E-state index contributed by atoms with van der Waals surface area (Å²) in [5.74, 6) is -5.89. The largest absolute Gasteiger partial charge is 0.392 e. The molecule has 1 aromatic rings. The Hall–Kier alpha value is -1.05. The maximum Gasteiger partial charge on any atom is 0.260 e.